The quantitative estimate of drug-likeness (QED) is 0.623. The first-order chi connectivity index (χ1) is 5.22. The van der Waals surface area contributed by atoms with Gasteiger partial charge >= 0.3 is 0 Å². The third kappa shape index (κ3) is 1.30. The average molecular weight is 156 g/mol. The zero-order valence-electron chi connectivity index (χ0n) is 7.05. The van der Waals surface area contributed by atoms with Gasteiger partial charge in [0.2, 0.25) is 0 Å². The molecule has 2 aliphatic rings. The maximum Gasteiger partial charge on any atom is 0.0694 e. The van der Waals surface area contributed by atoms with E-state index < -0.39 is 5.60 Å². The highest BCUT2D eigenvalue weighted by Crippen LogP contribution is 2.39. The highest BCUT2D eigenvalue weighted by atomic mass is 16.5. The molecule has 64 valence electrons. The number of hydrogen-bond donors (Lipinski definition) is 1. The van der Waals surface area contributed by atoms with Crippen molar-refractivity contribution in [3.63, 3.8) is 0 Å². The summed E-state index contributed by atoms with van der Waals surface area (Å²) in [6, 6.07) is 0. The fourth-order valence-electron chi connectivity index (χ4n) is 2.30. The van der Waals surface area contributed by atoms with Crippen LogP contribution in [0.4, 0.5) is 0 Å². The van der Waals surface area contributed by atoms with E-state index in [0.29, 0.717) is 12.2 Å². The molecule has 0 aromatic rings. The minimum Gasteiger partial charge on any atom is -0.390 e. The molecule has 2 saturated heterocycles. The lowest BCUT2D eigenvalue weighted by atomic mass is 9.88. The predicted molar refractivity (Wildman–Crippen MR) is 42.4 cm³/mol. The molecular weight excluding hydrogens is 140 g/mol. The zero-order valence-corrected chi connectivity index (χ0v) is 7.05. The molecule has 0 aromatic heterocycles. The van der Waals surface area contributed by atoms with Gasteiger partial charge < -0.3 is 9.84 Å². The van der Waals surface area contributed by atoms with Crippen LogP contribution in [-0.4, -0.2) is 22.9 Å². The maximum absolute atomic E-state index is 9.98. The summed E-state index contributed by atoms with van der Waals surface area (Å²) in [6.45, 7) is 2.06. The molecule has 1 N–H and O–H groups in total. The minimum absolute atomic E-state index is 0.360. The first-order valence-electron chi connectivity index (χ1n) is 4.60. The molecule has 2 aliphatic heterocycles. The molecule has 1 unspecified atom stereocenters. The van der Waals surface area contributed by atoms with Gasteiger partial charge in [0.1, 0.15) is 0 Å². The lowest BCUT2D eigenvalue weighted by Gasteiger charge is -2.35. The molecule has 2 bridgehead atoms. The summed E-state index contributed by atoms with van der Waals surface area (Å²) in [5.74, 6) is 0. The topological polar surface area (TPSA) is 29.5 Å². The third-order valence-electron chi connectivity index (χ3n) is 3.07. The van der Waals surface area contributed by atoms with Crippen LogP contribution in [0.25, 0.3) is 0 Å². The van der Waals surface area contributed by atoms with Crippen LogP contribution < -0.4 is 0 Å². The monoisotopic (exact) mass is 156 g/mol. The largest absolute Gasteiger partial charge is 0.390 e. The van der Waals surface area contributed by atoms with E-state index in [1.54, 1.807) is 0 Å². The van der Waals surface area contributed by atoms with Gasteiger partial charge in [-0.1, -0.05) is 6.92 Å². The first-order valence-corrected chi connectivity index (χ1v) is 4.60. The molecule has 0 aromatic carbocycles. The molecule has 0 saturated carbocycles. The lowest BCUT2D eigenvalue weighted by molar-refractivity contribution is -0.112. The second-order valence-corrected chi connectivity index (χ2v) is 3.94. The molecule has 0 amide bonds. The summed E-state index contributed by atoms with van der Waals surface area (Å²) >= 11 is 0. The Kier molecular flexibility index (Phi) is 1.69. The molecular formula is C9H16O2. The van der Waals surface area contributed by atoms with Crippen molar-refractivity contribution >= 4 is 0 Å². The van der Waals surface area contributed by atoms with E-state index >= 15 is 0 Å². The summed E-state index contributed by atoms with van der Waals surface area (Å²) in [7, 11) is 0. The third-order valence-corrected chi connectivity index (χ3v) is 3.07. The summed E-state index contributed by atoms with van der Waals surface area (Å²) in [5, 5.41) is 9.98. The molecule has 2 fully saturated rings. The molecule has 2 heterocycles. The summed E-state index contributed by atoms with van der Waals surface area (Å²) in [6.07, 6.45) is 5.64. The van der Waals surface area contributed by atoms with E-state index in [2.05, 4.69) is 6.92 Å². The smallest absolute Gasteiger partial charge is 0.0694 e. The van der Waals surface area contributed by atoms with Crippen LogP contribution in [0.2, 0.25) is 0 Å². The van der Waals surface area contributed by atoms with Crippen molar-refractivity contribution in [2.45, 2.75) is 56.8 Å². The van der Waals surface area contributed by atoms with Crippen molar-refractivity contribution in [2.75, 3.05) is 0 Å². The van der Waals surface area contributed by atoms with E-state index in [1.807, 2.05) is 0 Å². The average Bonchev–Trinajstić information content (AvgIpc) is 2.31. The van der Waals surface area contributed by atoms with E-state index in [9.17, 15) is 5.11 Å². The SMILES string of the molecule is CCC1(O)C[C@H]2CC[C@@H](C1)O2. The Hall–Kier alpha value is -0.0800. The Balaban J connectivity index is 2.07. The van der Waals surface area contributed by atoms with Crippen LogP contribution in [0.5, 0.6) is 0 Å². The second-order valence-electron chi connectivity index (χ2n) is 3.94. The Bertz CT molecular complexity index is 144. The van der Waals surface area contributed by atoms with Crippen molar-refractivity contribution in [3.05, 3.63) is 0 Å². The van der Waals surface area contributed by atoms with Crippen molar-refractivity contribution in [1.82, 2.24) is 0 Å². The Morgan fingerprint density at radius 1 is 1.36 bits per heavy atom. The number of ether oxygens (including phenoxy) is 1. The molecule has 11 heavy (non-hydrogen) atoms. The summed E-state index contributed by atoms with van der Waals surface area (Å²) < 4.78 is 5.63. The number of hydrogen-bond acceptors (Lipinski definition) is 2. The van der Waals surface area contributed by atoms with Gasteiger partial charge in [-0.05, 0) is 19.3 Å². The maximum atomic E-state index is 9.98. The number of rotatable bonds is 1. The van der Waals surface area contributed by atoms with Gasteiger partial charge in [0.05, 0.1) is 17.8 Å². The summed E-state index contributed by atoms with van der Waals surface area (Å²) in [4.78, 5) is 0. The van der Waals surface area contributed by atoms with Gasteiger partial charge in [0.25, 0.3) is 0 Å². The van der Waals surface area contributed by atoms with Crippen LogP contribution in [0, 0.1) is 0 Å². The van der Waals surface area contributed by atoms with E-state index in [0.717, 1.165) is 32.1 Å². The van der Waals surface area contributed by atoms with E-state index in [1.165, 1.54) is 0 Å². The lowest BCUT2D eigenvalue weighted by Crippen LogP contribution is -2.40. The highest BCUT2D eigenvalue weighted by Gasteiger charge is 2.42. The van der Waals surface area contributed by atoms with Gasteiger partial charge in [-0.25, -0.2) is 0 Å². The van der Waals surface area contributed by atoms with Gasteiger partial charge in [0, 0.05) is 12.8 Å². The van der Waals surface area contributed by atoms with Crippen molar-refractivity contribution < 1.29 is 9.84 Å². The summed E-state index contributed by atoms with van der Waals surface area (Å²) in [5.41, 5.74) is -0.399. The Morgan fingerprint density at radius 2 is 1.91 bits per heavy atom. The standard InChI is InChI=1S/C9H16O2/c1-2-9(10)5-7-3-4-8(6-9)11-7/h7-8,10H,2-6H2,1H3/t7-,8+,9?. The molecule has 0 spiro atoms. The van der Waals surface area contributed by atoms with Crippen LogP contribution >= 0.6 is 0 Å². The fraction of sp³-hybridized carbons (Fsp3) is 1.00. The normalized spacial score (nSPS) is 49.6. The minimum atomic E-state index is -0.399. The molecule has 2 heteroatoms. The van der Waals surface area contributed by atoms with Crippen LogP contribution in [0.3, 0.4) is 0 Å². The molecule has 0 aliphatic carbocycles. The van der Waals surface area contributed by atoms with E-state index in [-0.39, 0.29) is 0 Å². The van der Waals surface area contributed by atoms with Crippen LogP contribution in [0.1, 0.15) is 39.0 Å². The van der Waals surface area contributed by atoms with Gasteiger partial charge in [-0.3, -0.25) is 0 Å². The van der Waals surface area contributed by atoms with Gasteiger partial charge in [0.15, 0.2) is 0 Å². The molecule has 2 nitrogen and oxygen atoms in total. The number of aliphatic hydroxyl groups is 1. The second kappa shape index (κ2) is 2.46. The van der Waals surface area contributed by atoms with Crippen LogP contribution in [-0.2, 0) is 4.74 Å². The van der Waals surface area contributed by atoms with Crippen molar-refractivity contribution in [3.8, 4) is 0 Å². The number of fused-ring (bicyclic) bond motifs is 2. The zero-order chi connectivity index (χ0) is 7.90. The fourth-order valence-corrected chi connectivity index (χ4v) is 2.30. The Morgan fingerprint density at radius 3 is 2.36 bits per heavy atom. The van der Waals surface area contributed by atoms with Gasteiger partial charge in [-0.15, -0.1) is 0 Å². The van der Waals surface area contributed by atoms with Crippen molar-refractivity contribution in [2.24, 2.45) is 0 Å². The first kappa shape index (κ1) is 7.56. The molecule has 0 radical (unpaired) electrons. The molecule has 2 rings (SSSR count). The predicted octanol–water partition coefficient (Wildman–Crippen LogP) is 1.47. The highest BCUT2D eigenvalue weighted by molar-refractivity contribution is 4.93. The Labute approximate surface area is 67.6 Å². The van der Waals surface area contributed by atoms with E-state index in [4.69, 9.17) is 4.74 Å². The van der Waals surface area contributed by atoms with Crippen molar-refractivity contribution in [1.29, 1.82) is 0 Å². The van der Waals surface area contributed by atoms with Gasteiger partial charge in [-0.2, -0.15) is 0 Å². The molecule has 3 atom stereocenters. The van der Waals surface area contributed by atoms with Crippen LogP contribution in [0.15, 0.2) is 0 Å².